The van der Waals surface area contributed by atoms with E-state index in [0.717, 1.165) is 25.9 Å². The Morgan fingerprint density at radius 2 is 1.94 bits per heavy atom. The lowest BCUT2D eigenvalue weighted by atomic mass is 9.90. The number of rotatable bonds is 3. The molecule has 1 fully saturated rings. The second-order valence-electron chi connectivity index (χ2n) is 4.43. The third-order valence-electron chi connectivity index (χ3n) is 3.24. The van der Waals surface area contributed by atoms with Crippen LogP contribution in [0, 0.1) is 0 Å². The smallest absolute Gasteiger partial charge is 0.324 e. The van der Waals surface area contributed by atoms with Crippen molar-refractivity contribution in [3.8, 4) is 0 Å². The standard InChI is InChI=1S/C14H19NO2/c1-2-14(16)17-15-10-8-13(9-11-15)12-6-4-3-5-7-12/h3-7,13H,2,8-11H2,1H3. The molecule has 1 aliphatic rings. The minimum atomic E-state index is -0.136. The van der Waals surface area contributed by atoms with Gasteiger partial charge < -0.3 is 4.84 Å². The summed E-state index contributed by atoms with van der Waals surface area (Å²) in [7, 11) is 0. The lowest BCUT2D eigenvalue weighted by Gasteiger charge is -2.30. The molecule has 0 aromatic heterocycles. The molecule has 3 heteroatoms. The number of piperidine rings is 1. The van der Waals surface area contributed by atoms with Gasteiger partial charge in [0.15, 0.2) is 0 Å². The molecule has 0 atom stereocenters. The molecule has 92 valence electrons. The Hall–Kier alpha value is -1.35. The van der Waals surface area contributed by atoms with Crippen molar-refractivity contribution in [1.29, 1.82) is 0 Å². The van der Waals surface area contributed by atoms with Crippen LogP contribution in [0.1, 0.15) is 37.7 Å². The van der Waals surface area contributed by atoms with E-state index in [0.29, 0.717) is 12.3 Å². The van der Waals surface area contributed by atoms with Gasteiger partial charge in [-0.2, -0.15) is 0 Å². The summed E-state index contributed by atoms with van der Waals surface area (Å²) in [5.74, 6) is 0.468. The van der Waals surface area contributed by atoms with Gasteiger partial charge in [0.1, 0.15) is 0 Å². The van der Waals surface area contributed by atoms with Gasteiger partial charge in [-0.05, 0) is 24.3 Å². The Bertz CT molecular complexity index is 356. The van der Waals surface area contributed by atoms with E-state index in [1.165, 1.54) is 5.56 Å². The lowest BCUT2D eigenvalue weighted by Crippen LogP contribution is -2.34. The van der Waals surface area contributed by atoms with Crippen LogP contribution in [0.3, 0.4) is 0 Å². The number of hydrogen-bond donors (Lipinski definition) is 0. The molecule has 1 aromatic carbocycles. The van der Waals surface area contributed by atoms with Crippen molar-refractivity contribution in [2.45, 2.75) is 32.1 Å². The predicted octanol–water partition coefficient (Wildman–Crippen LogP) is 2.73. The Kier molecular flexibility index (Phi) is 4.15. The third-order valence-corrected chi connectivity index (χ3v) is 3.24. The van der Waals surface area contributed by atoms with E-state index >= 15 is 0 Å². The molecule has 0 N–H and O–H groups in total. The van der Waals surface area contributed by atoms with E-state index < -0.39 is 0 Å². The van der Waals surface area contributed by atoms with Crippen molar-refractivity contribution in [2.24, 2.45) is 0 Å². The van der Waals surface area contributed by atoms with E-state index in [1.807, 2.05) is 13.0 Å². The van der Waals surface area contributed by atoms with Gasteiger partial charge in [0.05, 0.1) is 0 Å². The number of hydroxylamine groups is 2. The van der Waals surface area contributed by atoms with Gasteiger partial charge in [-0.25, -0.2) is 0 Å². The normalized spacial score (nSPS) is 17.9. The highest BCUT2D eigenvalue weighted by atomic mass is 16.7. The average molecular weight is 233 g/mol. The fraction of sp³-hybridized carbons (Fsp3) is 0.500. The maximum Gasteiger partial charge on any atom is 0.324 e. The highest BCUT2D eigenvalue weighted by molar-refractivity contribution is 5.68. The second-order valence-corrected chi connectivity index (χ2v) is 4.43. The quantitative estimate of drug-likeness (QED) is 0.804. The van der Waals surface area contributed by atoms with Gasteiger partial charge in [0, 0.05) is 19.5 Å². The van der Waals surface area contributed by atoms with E-state index in [4.69, 9.17) is 4.84 Å². The molecule has 0 unspecified atom stereocenters. The van der Waals surface area contributed by atoms with Crippen LogP contribution in [-0.2, 0) is 9.63 Å². The number of carbonyl (C=O) groups is 1. The van der Waals surface area contributed by atoms with Crippen LogP contribution in [0.2, 0.25) is 0 Å². The summed E-state index contributed by atoms with van der Waals surface area (Å²) in [4.78, 5) is 16.4. The van der Waals surface area contributed by atoms with Gasteiger partial charge in [-0.15, -0.1) is 5.06 Å². The molecule has 0 saturated carbocycles. The molecule has 17 heavy (non-hydrogen) atoms. The first-order valence-electron chi connectivity index (χ1n) is 6.30. The molecule has 0 aliphatic carbocycles. The van der Waals surface area contributed by atoms with Crippen LogP contribution >= 0.6 is 0 Å². The lowest BCUT2D eigenvalue weighted by molar-refractivity contribution is -0.194. The fourth-order valence-electron chi connectivity index (χ4n) is 2.21. The van der Waals surface area contributed by atoms with Gasteiger partial charge in [0.25, 0.3) is 0 Å². The summed E-state index contributed by atoms with van der Waals surface area (Å²) in [6.45, 7) is 3.50. The van der Waals surface area contributed by atoms with Crippen molar-refractivity contribution in [3.63, 3.8) is 0 Å². The number of carbonyl (C=O) groups excluding carboxylic acids is 1. The van der Waals surface area contributed by atoms with Crippen molar-refractivity contribution in [3.05, 3.63) is 35.9 Å². The van der Waals surface area contributed by atoms with E-state index in [9.17, 15) is 4.79 Å². The maximum atomic E-state index is 11.2. The van der Waals surface area contributed by atoms with Crippen molar-refractivity contribution in [1.82, 2.24) is 5.06 Å². The Balaban J connectivity index is 1.84. The van der Waals surface area contributed by atoms with Crippen LogP contribution < -0.4 is 0 Å². The van der Waals surface area contributed by atoms with Crippen molar-refractivity contribution >= 4 is 5.97 Å². The van der Waals surface area contributed by atoms with Crippen LogP contribution in [0.5, 0.6) is 0 Å². The van der Waals surface area contributed by atoms with Crippen molar-refractivity contribution < 1.29 is 9.63 Å². The number of benzene rings is 1. The zero-order valence-corrected chi connectivity index (χ0v) is 10.3. The largest absolute Gasteiger partial charge is 0.368 e. The van der Waals surface area contributed by atoms with Gasteiger partial charge in [-0.3, -0.25) is 4.79 Å². The Labute approximate surface area is 102 Å². The highest BCUT2D eigenvalue weighted by Crippen LogP contribution is 2.27. The summed E-state index contributed by atoms with van der Waals surface area (Å²) in [5, 5.41) is 1.80. The molecule has 0 bridgehead atoms. The van der Waals surface area contributed by atoms with Crippen LogP contribution in [-0.4, -0.2) is 24.1 Å². The second kappa shape index (κ2) is 5.82. The van der Waals surface area contributed by atoms with Gasteiger partial charge in [-0.1, -0.05) is 37.3 Å². The first-order chi connectivity index (χ1) is 8.29. The molecule has 0 radical (unpaired) electrons. The zero-order valence-electron chi connectivity index (χ0n) is 10.3. The van der Waals surface area contributed by atoms with Crippen LogP contribution in [0.15, 0.2) is 30.3 Å². The van der Waals surface area contributed by atoms with Crippen LogP contribution in [0.4, 0.5) is 0 Å². The summed E-state index contributed by atoms with van der Waals surface area (Å²) >= 11 is 0. The molecule has 0 spiro atoms. The minimum Gasteiger partial charge on any atom is -0.368 e. The number of nitrogens with zero attached hydrogens (tertiary/aromatic N) is 1. The first-order valence-corrected chi connectivity index (χ1v) is 6.30. The average Bonchev–Trinajstić information content (AvgIpc) is 2.40. The fourth-order valence-corrected chi connectivity index (χ4v) is 2.21. The summed E-state index contributed by atoms with van der Waals surface area (Å²) in [5.41, 5.74) is 1.40. The molecule has 2 rings (SSSR count). The monoisotopic (exact) mass is 233 g/mol. The summed E-state index contributed by atoms with van der Waals surface area (Å²) in [6.07, 6.45) is 2.56. The number of hydrogen-bond acceptors (Lipinski definition) is 3. The maximum absolute atomic E-state index is 11.2. The SMILES string of the molecule is CCC(=O)ON1CCC(c2ccccc2)CC1. The molecule has 1 aromatic rings. The predicted molar refractivity (Wildman–Crippen MR) is 66.4 cm³/mol. The van der Waals surface area contributed by atoms with Gasteiger partial charge >= 0.3 is 5.97 Å². The highest BCUT2D eigenvalue weighted by Gasteiger charge is 2.22. The molecular weight excluding hydrogens is 214 g/mol. The van der Waals surface area contributed by atoms with Crippen molar-refractivity contribution in [2.75, 3.05) is 13.1 Å². The van der Waals surface area contributed by atoms with Crippen LogP contribution in [0.25, 0.3) is 0 Å². The van der Waals surface area contributed by atoms with Gasteiger partial charge in [0.2, 0.25) is 0 Å². The zero-order chi connectivity index (χ0) is 12.1. The van der Waals surface area contributed by atoms with E-state index in [1.54, 1.807) is 5.06 Å². The van der Waals surface area contributed by atoms with E-state index in [-0.39, 0.29) is 5.97 Å². The first kappa shape index (κ1) is 12.1. The minimum absolute atomic E-state index is 0.136. The molecule has 0 amide bonds. The topological polar surface area (TPSA) is 29.5 Å². The summed E-state index contributed by atoms with van der Waals surface area (Å²) in [6, 6.07) is 10.6. The Morgan fingerprint density at radius 3 is 2.53 bits per heavy atom. The molecular formula is C14H19NO2. The molecule has 1 aliphatic heterocycles. The molecule has 1 saturated heterocycles. The summed E-state index contributed by atoms with van der Waals surface area (Å²) < 4.78 is 0. The van der Waals surface area contributed by atoms with E-state index in [2.05, 4.69) is 24.3 Å². The Morgan fingerprint density at radius 1 is 1.29 bits per heavy atom. The molecule has 1 heterocycles. The third kappa shape index (κ3) is 3.30. The molecule has 3 nitrogen and oxygen atoms in total.